The maximum absolute atomic E-state index is 13.6. The number of ketones is 3. The molecule has 5 rings (SSSR count). The minimum Gasteiger partial charge on any atom is -0.507 e. The Morgan fingerprint density at radius 1 is 1.13 bits per heavy atom. The molecule has 202 valence electrons. The minimum absolute atomic E-state index is 0.0195. The number of phenolic OH excluding ortho intramolecular Hbond substituents is 2. The van der Waals surface area contributed by atoms with Gasteiger partial charge in [0.25, 0.3) is 0 Å². The molecule has 2 aliphatic carbocycles. The van der Waals surface area contributed by atoms with Crippen molar-refractivity contribution in [1.82, 2.24) is 0 Å². The van der Waals surface area contributed by atoms with Crippen molar-refractivity contribution in [3.63, 3.8) is 0 Å². The van der Waals surface area contributed by atoms with Crippen molar-refractivity contribution in [3.05, 3.63) is 51.6 Å². The van der Waals surface area contributed by atoms with Crippen molar-refractivity contribution >= 4 is 17.3 Å². The number of ether oxygens (including phenoxy) is 3. The first-order chi connectivity index (χ1) is 17.9. The molecule has 0 aromatic heterocycles. The fraction of sp³-hybridized carbons (Fsp3) is 0.444. The lowest BCUT2D eigenvalue weighted by atomic mass is 9.71. The van der Waals surface area contributed by atoms with Crippen LogP contribution in [0.3, 0.4) is 0 Å². The molecular weight excluding hydrogens is 496 g/mol. The van der Waals surface area contributed by atoms with Crippen molar-refractivity contribution in [2.45, 2.75) is 69.3 Å². The van der Waals surface area contributed by atoms with Gasteiger partial charge in [0.15, 0.2) is 12.1 Å². The predicted molar refractivity (Wildman–Crippen MR) is 132 cm³/mol. The fourth-order valence-corrected chi connectivity index (χ4v) is 5.71. The highest BCUT2D eigenvalue weighted by Crippen LogP contribution is 2.52. The molecule has 0 spiro atoms. The summed E-state index contributed by atoms with van der Waals surface area (Å²) in [6.07, 6.45) is -3.79. The van der Waals surface area contributed by atoms with E-state index in [-0.39, 0.29) is 58.4 Å². The number of rotatable bonds is 4. The van der Waals surface area contributed by atoms with Crippen LogP contribution in [0.25, 0.3) is 0 Å². The summed E-state index contributed by atoms with van der Waals surface area (Å²) in [5.41, 5.74) is 10.3. The molecule has 1 aliphatic heterocycles. The van der Waals surface area contributed by atoms with Crippen LogP contribution in [-0.4, -0.2) is 69.9 Å². The molecule has 0 radical (unpaired) electrons. The average Bonchev–Trinajstić information content (AvgIpc) is 2.87. The van der Waals surface area contributed by atoms with Crippen LogP contribution in [0.15, 0.2) is 18.2 Å². The molecule has 1 heterocycles. The Morgan fingerprint density at radius 2 is 1.82 bits per heavy atom. The molecule has 0 bridgehead atoms. The number of nitrogens with two attached hydrogens (primary N) is 2. The van der Waals surface area contributed by atoms with E-state index < -0.39 is 65.0 Å². The summed E-state index contributed by atoms with van der Waals surface area (Å²) in [6.45, 7) is 2.94. The van der Waals surface area contributed by atoms with Crippen LogP contribution < -0.4 is 16.2 Å². The Labute approximate surface area is 218 Å². The standard InChI is InChI=1S/C27H30N2O9/c1-10-22(31)14(28)7-17(37-10)38-16-9-27(29,11(2)30)8-13-19(16)26(35)20-21(24(13)33)25(34)18-12(23(20)32)5-4-6-15(18)36-3/h4-6,10,14,16-17,22,31,33,35H,7-9,28-29H2,1-3H3/t10-,14-,16-,17-,22+,27-/m0/s1. The Balaban J connectivity index is 1.68. The second-order valence-electron chi connectivity index (χ2n) is 10.3. The van der Waals surface area contributed by atoms with Crippen LogP contribution in [0, 0.1) is 0 Å². The number of aromatic hydroxyl groups is 2. The van der Waals surface area contributed by atoms with E-state index in [9.17, 15) is 29.7 Å². The van der Waals surface area contributed by atoms with Crippen LogP contribution in [0.1, 0.15) is 75.8 Å². The first-order valence-electron chi connectivity index (χ1n) is 12.3. The van der Waals surface area contributed by atoms with Crippen molar-refractivity contribution < 1.29 is 43.9 Å². The summed E-state index contributed by atoms with van der Waals surface area (Å²) < 4.78 is 17.2. The van der Waals surface area contributed by atoms with Gasteiger partial charge in [0.2, 0.25) is 5.78 Å². The zero-order valence-corrected chi connectivity index (χ0v) is 21.2. The smallest absolute Gasteiger partial charge is 0.202 e. The van der Waals surface area contributed by atoms with Gasteiger partial charge >= 0.3 is 0 Å². The molecule has 2 aromatic rings. The van der Waals surface area contributed by atoms with E-state index in [0.29, 0.717) is 0 Å². The van der Waals surface area contributed by atoms with Gasteiger partial charge in [-0.15, -0.1) is 0 Å². The Kier molecular flexibility index (Phi) is 6.32. The number of methoxy groups -OCH3 is 1. The quantitative estimate of drug-likeness (QED) is 0.305. The van der Waals surface area contributed by atoms with Crippen molar-refractivity contribution in [2.24, 2.45) is 11.5 Å². The molecule has 0 unspecified atom stereocenters. The summed E-state index contributed by atoms with van der Waals surface area (Å²) in [5, 5.41) is 33.0. The number of carbonyl (C=O) groups is 3. The number of hydrogen-bond donors (Lipinski definition) is 5. The number of fused-ring (bicyclic) bond motifs is 3. The second kappa shape index (κ2) is 9.14. The van der Waals surface area contributed by atoms with Crippen molar-refractivity contribution in [2.75, 3.05) is 7.11 Å². The van der Waals surface area contributed by atoms with Crippen LogP contribution in [0.2, 0.25) is 0 Å². The molecule has 7 N–H and O–H groups in total. The average molecular weight is 527 g/mol. The molecule has 0 amide bonds. The van der Waals surface area contributed by atoms with Crippen LogP contribution in [0.5, 0.6) is 17.2 Å². The van der Waals surface area contributed by atoms with E-state index in [1.165, 1.54) is 26.2 Å². The number of Topliss-reactive ketones (excluding diaryl/α,β-unsaturated/α-hetero) is 1. The molecule has 3 aliphatic rings. The molecule has 0 saturated carbocycles. The lowest BCUT2D eigenvalue weighted by molar-refractivity contribution is -0.243. The number of hydrogen-bond acceptors (Lipinski definition) is 11. The van der Waals surface area contributed by atoms with Crippen LogP contribution in [-0.2, 0) is 20.7 Å². The van der Waals surface area contributed by atoms with E-state index in [4.69, 9.17) is 25.7 Å². The number of aliphatic hydroxyl groups is 1. The van der Waals surface area contributed by atoms with E-state index in [0.717, 1.165) is 0 Å². The molecule has 38 heavy (non-hydrogen) atoms. The maximum Gasteiger partial charge on any atom is 0.202 e. The second-order valence-corrected chi connectivity index (χ2v) is 10.3. The largest absolute Gasteiger partial charge is 0.507 e. The monoisotopic (exact) mass is 526 g/mol. The molecule has 1 saturated heterocycles. The number of carbonyl (C=O) groups excluding carboxylic acids is 3. The number of benzene rings is 2. The minimum atomic E-state index is -1.50. The Morgan fingerprint density at radius 3 is 2.45 bits per heavy atom. The summed E-state index contributed by atoms with van der Waals surface area (Å²) in [6, 6.07) is 3.85. The highest BCUT2D eigenvalue weighted by Gasteiger charge is 2.48. The Bertz CT molecular complexity index is 1360. The Hall–Kier alpha value is -3.35. The van der Waals surface area contributed by atoms with E-state index in [2.05, 4.69) is 0 Å². The highest BCUT2D eigenvalue weighted by atomic mass is 16.7. The van der Waals surface area contributed by atoms with Gasteiger partial charge in [-0.25, -0.2) is 0 Å². The highest BCUT2D eigenvalue weighted by molar-refractivity contribution is 6.31. The third-order valence-corrected chi connectivity index (χ3v) is 7.89. The third kappa shape index (κ3) is 3.81. The lowest BCUT2D eigenvalue weighted by Crippen LogP contribution is -2.54. The van der Waals surface area contributed by atoms with Crippen molar-refractivity contribution in [1.29, 1.82) is 0 Å². The first-order valence-corrected chi connectivity index (χ1v) is 12.3. The van der Waals surface area contributed by atoms with Crippen molar-refractivity contribution in [3.8, 4) is 17.2 Å². The van der Waals surface area contributed by atoms with Gasteiger partial charge in [0.1, 0.15) is 23.0 Å². The normalized spacial score (nSPS) is 30.3. The summed E-state index contributed by atoms with van der Waals surface area (Å²) in [4.78, 5) is 39.8. The molecule has 1 fully saturated rings. The maximum atomic E-state index is 13.6. The van der Waals surface area contributed by atoms with Gasteiger partial charge < -0.3 is 41.0 Å². The van der Waals surface area contributed by atoms with E-state index >= 15 is 0 Å². The number of aliphatic hydroxyl groups excluding tert-OH is 1. The van der Waals surface area contributed by atoms with Crippen LogP contribution in [0.4, 0.5) is 0 Å². The molecule has 6 atom stereocenters. The summed E-state index contributed by atoms with van der Waals surface area (Å²) >= 11 is 0. The zero-order valence-electron chi connectivity index (χ0n) is 21.2. The van der Waals surface area contributed by atoms with Gasteiger partial charge in [0, 0.05) is 42.0 Å². The zero-order chi connectivity index (χ0) is 27.7. The van der Waals surface area contributed by atoms with Crippen LogP contribution >= 0.6 is 0 Å². The predicted octanol–water partition coefficient (Wildman–Crippen LogP) is 0.995. The van der Waals surface area contributed by atoms with Gasteiger partial charge in [0.05, 0.1) is 47.7 Å². The molecule has 11 heteroatoms. The van der Waals surface area contributed by atoms with Gasteiger partial charge in [-0.05, 0) is 19.9 Å². The van der Waals surface area contributed by atoms with Gasteiger partial charge in [-0.3, -0.25) is 14.4 Å². The molecule has 2 aromatic carbocycles. The topological polar surface area (TPSA) is 192 Å². The summed E-state index contributed by atoms with van der Waals surface area (Å²) in [7, 11) is 1.35. The fourth-order valence-electron chi connectivity index (χ4n) is 5.71. The van der Waals surface area contributed by atoms with Gasteiger partial charge in [-0.2, -0.15) is 0 Å². The summed E-state index contributed by atoms with van der Waals surface area (Å²) in [5.74, 6) is -2.73. The molecule has 11 nitrogen and oxygen atoms in total. The van der Waals surface area contributed by atoms with E-state index in [1.54, 1.807) is 13.0 Å². The molecular formula is C27H30N2O9. The third-order valence-electron chi connectivity index (χ3n) is 7.89. The SMILES string of the molecule is COc1cccc2c1C(=O)c1c(O)c3c(c(O)c1C2=O)[C@@H](O[C@H]1C[C@H](N)[C@H](O)[C@H](C)O1)C[C@](N)(C(C)=O)C3. The first kappa shape index (κ1) is 26.3. The van der Waals surface area contributed by atoms with E-state index in [1.807, 2.05) is 0 Å². The lowest BCUT2D eigenvalue weighted by Gasteiger charge is -2.42. The number of phenols is 2. The van der Waals surface area contributed by atoms with Gasteiger partial charge in [-0.1, -0.05) is 12.1 Å².